The third-order valence-corrected chi connectivity index (χ3v) is 3.22. The minimum atomic E-state index is 0.370. The number of hydrogen-bond acceptors (Lipinski definition) is 1. The van der Waals surface area contributed by atoms with Crippen molar-refractivity contribution in [1.82, 2.24) is 0 Å². The number of Topliss-reactive ketones (excluding diaryl/α,β-unsaturated/α-hetero) is 1. The van der Waals surface area contributed by atoms with Crippen LogP contribution in [0.1, 0.15) is 24.8 Å². The van der Waals surface area contributed by atoms with E-state index < -0.39 is 0 Å². The number of rotatable bonds is 2. The molecule has 1 aliphatic rings. The lowest BCUT2D eigenvalue weighted by molar-refractivity contribution is -0.118. The van der Waals surface area contributed by atoms with E-state index in [1.807, 2.05) is 0 Å². The van der Waals surface area contributed by atoms with Crippen LogP contribution >= 0.6 is 15.9 Å². The topological polar surface area (TPSA) is 17.1 Å². The molecule has 0 aromatic heterocycles. The molecule has 0 saturated carbocycles. The van der Waals surface area contributed by atoms with Gasteiger partial charge in [0.2, 0.25) is 0 Å². The average molecular weight is 265 g/mol. The fourth-order valence-corrected chi connectivity index (χ4v) is 2.05. The van der Waals surface area contributed by atoms with Crippen molar-refractivity contribution in [3.05, 3.63) is 46.0 Å². The second-order valence-electron chi connectivity index (χ2n) is 3.91. The van der Waals surface area contributed by atoms with E-state index in [4.69, 9.17) is 0 Å². The van der Waals surface area contributed by atoms with Crippen LogP contribution in [0.2, 0.25) is 0 Å². The van der Waals surface area contributed by atoms with Crippen LogP contribution in [-0.4, -0.2) is 5.78 Å². The minimum absolute atomic E-state index is 0.370. The Morgan fingerprint density at radius 1 is 1.13 bits per heavy atom. The van der Waals surface area contributed by atoms with Crippen molar-refractivity contribution in [3.8, 4) is 0 Å². The summed E-state index contributed by atoms with van der Waals surface area (Å²) in [4.78, 5) is 11.1. The lowest BCUT2D eigenvalue weighted by Crippen LogP contribution is -2.05. The highest BCUT2D eigenvalue weighted by Crippen LogP contribution is 2.20. The Kier molecular flexibility index (Phi) is 3.37. The number of carbonyl (C=O) groups excluding carboxylic acids is 1. The molecule has 78 valence electrons. The van der Waals surface area contributed by atoms with E-state index in [1.54, 1.807) is 0 Å². The van der Waals surface area contributed by atoms with Crippen LogP contribution in [0.5, 0.6) is 0 Å². The first-order chi connectivity index (χ1) is 7.24. The van der Waals surface area contributed by atoms with Gasteiger partial charge in [0.05, 0.1) is 0 Å². The van der Waals surface area contributed by atoms with Crippen LogP contribution in [-0.2, 0) is 11.2 Å². The zero-order valence-corrected chi connectivity index (χ0v) is 10.1. The summed E-state index contributed by atoms with van der Waals surface area (Å²) in [5, 5.41) is 0. The number of ketones is 1. The Morgan fingerprint density at radius 2 is 1.87 bits per heavy atom. The molecule has 0 N–H and O–H groups in total. The van der Waals surface area contributed by atoms with Crippen molar-refractivity contribution in [2.24, 2.45) is 0 Å². The molecule has 0 saturated heterocycles. The van der Waals surface area contributed by atoms with Crippen molar-refractivity contribution < 1.29 is 4.79 Å². The lowest BCUT2D eigenvalue weighted by Gasteiger charge is -2.11. The smallest absolute Gasteiger partial charge is 0.136 e. The quantitative estimate of drug-likeness (QED) is 0.745. The second kappa shape index (κ2) is 4.75. The van der Waals surface area contributed by atoms with Crippen molar-refractivity contribution in [3.63, 3.8) is 0 Å². The summed E-state index contributed by atoms with van der Waals surface area (Å²) < 4.78 is 1.11. The molecule has 0 heterocycles. The summed E-state index contributed by atoms with van der Waals surface area (Å²) >= 11 is 3.42. The van der Waals surface area contributed by atoms with Crippen LogP contribution < -0.4 is 0 Å². The SMILES string of the molecule is O=C1CC=C(Cc2ccc(Br)cc2)CC1. The van der Waals surface area contributed by atoms with E-state index in [2.05, 4.69) is 46.3 Å². The maximum atomic E-state index is 11.1. The fraction of sp³-hybridized carbons (Fsp3) is 0.308. The van der Waals surface area contributed by atoms with E-state index in [0.29, 0.717) is 12.2 Å². The molecule has 1 aromatic carbocycles. The predicted octanol–water partition coefficient (Wildman–Crippen LogP) is 3.67. The molecule has 0 amide bonds. The molecule has 2 rings (SSSR count). The summed E-state index contributed by atoms with van der Waals surface area (Å²) in [5.74, 6) is 0.370. The molecule has 1 aliphatic carbocycles. The molecular weight excluding hydrogens is 252 g/mol. The Bertz CT molecular complexity index is 390. The number of halogens is 1. The molecule has 0 spiro atoms. The van der Waals surface area contributed by atoms with Gasteiger partial charge in [-0.3, -0.25) is 4.79 Å². The van der Waals surface area contributed by atoms with Crippen LogP contribution in [0.25, 0.3) is 0 Å². The summed E-state index contributed by atoms with van der Waals surface area (Å²) in [6.07, 6.45) is 5.37. The van der Waals surface area contributed by atoms with Crippen LogP contribution in [0.15, 0.2) is 40.4 Å². The Hall–Kier alpha value is -0.890. The maximum Gasteiger partial charge on any atom is 0.136 e. The zero-order chi connectivity index (χ0) is 10.7. The van der Waals surface area contributed by atoms with Crippen LogP contribution in [0.3, 0.4) is 0 Å². The average Bonchev–Trinajstić information content (AvgIpc) is 2.25. The molecule has 0 unspecified atom stereocenters. The zero-order valence-electron chi connectivity index (χ0n) is 8.50. The number of benzene rings is 1. The summed E-state index contributed by atoms with van der Waals surface area (Å²) in [7, 11) is 0. The minimum Gasteiger partial charge on any atom is -0.299 e. The number of allylic oxidation sites excluding steroid dienone is 2. The molecule has 0 aliphatic heterocycles. The van der Waals surface area contributed by atoms with E-state index in [1.165, 1.54) is 11.1 Å². The van der Waals surface area contributed by atoms with Crippen molar-refractivity contribution >= 4 is 21.7 Å². The lowest BCUT2D eigenvalue weighted by atomic mass is 9.93. The van der Waals surface area contributed by atoms with E-state index in [9.17, 15) is 4.79 Å². The molecule has 2 heteroatoms. The number of carbonyl (C=O) groups is 1. The monoisotopic (exact) mass is 264 g/mol. The van der Waals surface area contributed by atoms with Crippen molar-refractivity contribution in [1.29, 1.82) is 0 Å². The largest absolute Gasteiger partial charge is 0.299 e. The molecule has 0 fully saturated rings. The summed E-state index contributed by atoms with van der Waals surface area (Å²) in [5.41, 5.74) is 2.72. The van der Waals surface area contributed by atoms with Gasteiger partial charge in [0.15, 0.2) is 0 Å². The van der Waals surface area contributed by atoms with Gasteiger partial charge < -0.3 is 0 Å². The highest BCUT2D eigenvalue weighted by molar-refractivity contribution is 9.10. The third-order valence-electron chi connectivity index (χ3n) is 2.69. The van der Waals surface area contributed by atoms with E-state index >= 15 is 0 Å². The van der Waals surface area contributed by atoms with E-state index in [-0.39, 0.29) is 0 Å². The van der Waals surface area contributed by atoms with Gasteiger partial charge in [0.25, 0.3) is 0 Å². The van der Waals surface area contributed by atoms with Crippen LogP contribution in [0.4, 0.5) is 0 Å². The van der Waals surface area contributed by atoms with Crippen molar-refractivity contribution in [2.45, 2.75) is 25.7 Å². The highest BCUT2D eigenvalue weighted by Gasteiger charge is 2.10. The maximum absolute atomic E-state index is 11.1. The first-order valence-electron chi connectivity index (χ1n) is 5.18. The summed E-state index contributed by atoms with van der Waals surface area (Å²) in [6.45, 7) is 0. The van der Waals surface area contributed by atoms with Crippen molar-refractivity contribution in [2.75, 3.05) is 0 Å². The molecule has 0 atom stereocenters. The van der Waals surface area contributed by atoms with Gasteiger partial charge in [-0.25, -0.2) is 0 Å². The highest BCUT2D eigenvalue weighted by atomic mass is 79.9. The normalized spacial score (nSPS) is 16.3. The fourth-order valence-electron chi connectivity index (χ4n) is 1.79. The Balaban J connectivity index is 2.03. The third kappa shape index (κ3) is 3.03. The van der Waals surface area contributed by atoms with Gasteiger partial charge in [-0.05, 0) is 30.5 Å². The predicted molar refractivity (Wildman–Crippen MR) is 64.8 cm³/mol. The molecule has 15 heavy (non-hydrogen) atoms. The van der Waals surface area contributed by atoms with Gasteiger partial charge in [-0.1, -0.05) is 39.7 Å². The molecular formula is C13H13BrO. The number of hydrogen-bond donors (Lipinski definition) is 0. The first kappa shape index (κ1) is 10.6. The molecule has 0 radical (unpaired) electrons. The van der Waals surface area contributed by atoms with Gasteiger partial charge in [0, 0.05) is 17.3 Å². The van der Waals surface area contributed by atoms with Gasteiger partial charge in [-0.2, -0.15) is 0 Å². The standard InChI is InChI=1S/C13H13BrO/c14-12-5-1-10(2-6-12)9-11-3-7-13(15)8-4-11/h1-3,5-6H,4,7-9H2. The first-order valence-corrected chi connectivity index (χ1v) is 5.97. The van der Waals surface area contributed by atoms with Gasteiger partial charge >= 0.3 is 0 Å². The van der Waals surface area contributed by atoms with Gasteiger partial charge in [0.1, 0.15) is 5.78 Å². The Labute approximate surface area is 98.3 Å². The molecule has 1 nitrogen and oxygen atoms in total. The molecule has 1 aromatic rings. The molecule has 0 bridgehead atoms. The van der Waals surface area contributed by atoms with Gasteiger partial charge in [-0.15, -0.1) is 0 Å². The summed E-state index contributed by atoms with van der Waals surface area (Å²) in [6, 6.07) is 8.37. The Morgan fingerprint density at radius 3 is 2.47 bits per heavy atom. The van der Waals surface area contributed by atoms with Crippen LogP contribution in [0, 0.1) is 0 Å². The van der Waals surface area contributed by atoms with E-state index in [0.717, 1.165) is 23.7 Å². The second-order valence-corrected chi connectivity index (χ2v) is 4.82.